The fourth-order valence-corrected chi connectivity index (χ4v) is 2.12. The van der Waals surface area contributed by atoms with E-state index in [-0.39, 0.29) is 11.7 Å². The predicted molar refractivity (Wildman–Crippen MR) is 78.9 cm³/mol. The number of aldehydes is 1. The van der Waals surface area contributed by atoms with E-state index in [9.17, 15) is 14.7 Å². The molecule has 2 N–H and O–H groups in total. The standard InChI is InChI=1S/C16H23NO3/c1-11-8-12(6-5-7-17-14(19)10-18)9-13(15(11)20)16(2,3)4/h8-10,20H,5-7H2,1-4H3,(H,17,19). The molecule has 0 aromatic heterocycles. The van der Waals surface area contributed by atoms with Gasteiger partial charge in [-0.15, -0.1) is 0 Å². The van der Waals surface area contributed by atoms with Crippen LogP contribution in [0.25, 0.3) is 0 Å². The van der Waals surface area contributed by atoms with Crippen molar-refractivity contribution >= 4 is 12.2 Å². The molecule has 4 heteroatoms. The molecule has 0 aliphatic rings. The number of carbonyl (C=O) groups is 2. The summed E-state index contributed by atoms with van der Waals surface area (Å²) in [6.45, 7) is 8.56. The summed E-state index contributed by atoms with van der Waals surface area (Å²) in [7, 11) is 0. The van der Waals surface area contributed by atoms with Crippen LogP contribution in [0, 0.1) is 6.92 Å². The highest BCUT2D eigenvalue weighted by atomic mass is 16.3. The van der Waals surface area contributed by atoms with Gasteiger partial charge >= 0.3 is 0 Å². The van der Waals surface area contributed by atoms with E-state index in [0.29, 0.717) is 12.3 Å². The highest BCUT2D eigenvalue weighted by Gasteiger charge is 2.19. The molecule has 0 aliphatic carbocycles. The highest BCUT2D eigenvalue weighted by Crippen LogP contribution is 2.34. The number of hydrogen-bond acceptors (Lipinski definition) is 3. The fourth-order valence-electron chi connectivity index (χ4n) is 2.12. The molecule has 1 amide bonds. The maximum Gasteiger partial charge on any atom is 0.284 e. The Morgan fingerprint density at radius 3 is 2.55 bits per heavy atom. The Labute approximate surface area is 120 Å². The molecule has 0 unspecified atom stereocenters. The van der Waals surface area contributed by atoms with Gasteiger partial charge in [0.15, 0.2) is 0 Å². The maximum atomic E-state index is 10.8. The molecule has 1 aromatic carbocycles. The van der Waals surface area contributed by atoms with Gasteiger partial charge in [-0.3, -0.25) is 9.59 Å². The third-order valence-electron chi connectivity index (χ3n) is 3.22. The van der Waals surface area contributed by atoms with E-state index in [0.717, 1.165) is 29.5 Å². The van der Waals surface area contributed by atoms with Crippen LogP contribution in [0.4, 0.5) is 0 Å². The largest absolute Gasteiger partial charge is 0.507 e. The number of aryl methyl sites for hydroxylation is 2. The summed E-state index contributed by atoms with van der Waals surface area (Å²) in [6.07, 6.45) is 1.83. The van der Waals surface area contributed by atoms with Gasteiger partial charge in [0.25, 0.3) is 5.91 Å². The monoisotopic (exact) mass is 277 g/mol. The van der Waals surface area contributed by atoms with Crippen molar-refractivity contribution in [3.63, 3.8) is 0 Å². The first-order chi connectivity index (χ1) is 9.25. The maximum absolute atomic E-state index is 10.8. The third-order valence-corrected chi connectivity index (χ3v) is 3.22. The van der Waals surface area contributed by atoms with Crippen molar-refractivity contribution in [1.82, 2.24) is 5.32 Å². The minimum Gasteiger partial charge on any atom is -0.507 e. The van der Waals surface area contributed by atoms with Gasteiger partial charge in [0.1, 0.15) is 5.75 Å². The van der Waals surface area contributed by atoms with Gasteiger partial charge in [-0.1, -0.05) is 32.9 Å². The molecule has 0 saturated carbocycles. The van der Waals surface area contributed by atoms with Crippen molar-refractivity contribution in [3.05, 3.63) is 28.8 Å². The number of amides is 1. The quantitative estimate of drug-likeness (QED) is 0.493. The summed E-state index contributed by atoms with van der Waals surface area (Å²) >= 11 is 0. The van der Waals surface area contributed by atoms with Crippen LogP contribution < -0.4 is 5.32 Å². The van der Waals surface area contributed by atoms with E-state index in [2.05, 4.69) is 26.1 Å². The lowest BCUT2D eigenvalue weighted by atomic mass is 9.83. The second kappa shape index (κ2) is 6.55. The smallest absolute Gasteiger partial charge is 0.284 e. The zero-order valence-electron chi connectivity index (χ0n) is 12.6. The number of aromatic hydroxyl groups is 1. The summed E-state index contributed by atoms with van der Waals surface area (Å²) in [5.74, 6) is -0.224. The molecule has 0 aliphatic heterocycles. The number of carbonyl (C=O) groups excluding carboxylic acids is 2. The Hall–Kier alpha value is -1.84. The zero-order chi connectivity index (χ0) is 15.3. The third kappa shape index (κ3) is 4.37. The van der Waals surface area contributed by atoms with E-state index in [1.54, 1.807) is 0 Å². The van der Waals surface area contributed by atoms with Crippen molar-refractivity contribution in [1.29, 1.82) is 0 Å². The molecule has 110 valence electrons. The van der Waals surface area contributed by atoms with E-state index < -0.39 is 5.91 Å². The van der Waals surface area contributed by atoms with Gasteiger partial charge < -0.3 is 10.4 Å². The zero-order valence-corrected chi connectivity index (χ0v) is 12.6. The molecule has 0 fully saturated rings. The molecule has 0 bridgehead atoms. The Bertz CT molecular complexity index is 501. The summed E-state index contributed by atoms with van der Waals surface area (Å²) in [5, 5.41) is 12.7. The first kappa shape index (κ1) is 16.2. The number of rotatable bonds is 5. The normalized spacial score (nSPS) is 11.2. The lowest BCUT2D eigenvalue weighted by Crippen LogP contribution is -2.25. The van der Waals surface area contributed by atoms with Gasteiger partial charge in [0.2, 0.25) is 6.29 Å². The van der Waals surface area contributed by atoms with E-state index in [1.165, 1.54) is 0 Å². The summed E-state index contributed by atoms with van der Waals surface area (Å²) < 4.78 is 0. The predicted octanol–water partition coefficient (Wildman–Crippen LogP) is 2.25. The molecular formula is C16H23NO3. The second-order valence-electron chi connectivity index (χ2n) is 6.07. The van der Waals surface area contributed by atoms with Crippen LogP contribution in [0.2, 0.25) is 0 Å². The van der Waals surface area contributed by atoms with Gasteiger partial charge in [-0.2, -0.15) is 0 Å². The van der Waals surface area contributed by atoms with Crippen LogP contribution in [0.1, 0.15) is 43.9 Å². The second-order valence-corrected chi connectivity index (χ2v) is 6.07. The Morgan fingerprint density at radius 2 is 2.00 bits per heavy atom. The molecule has 1 rings (SSSR count). The van der Waals surface area contributed by atoms with Gasteiger partial charge in [0.05, 0.1) is 0 Å². The van der Waals surface area contributed by atoms with Crippen molar-refractivity contribution in [2.24, 2.45) is 0 Å². The minimum atomic E-state index is -0.581. The average molecular weight is 277 g/mol. The van der Waals surface area contributed by atoms with Gasteiger partial charge in [0, 0.05) is 6.54 Å². The first-order valence-electron chi connectivity index (χ1n) is 6.81. The summed E-state index contributed by atoms with van der Waals surface area (Å²) in [5.41, 5.74) is 2.82. The molecular weight excluding hydrogens is 254 g/mol. The average Bonchev–Trinajstić information content (AvgIpc) is 2.36. The Kier molecular flexibility index (Phi) is 5.31. The van der Waals surface area contributed by atoms with Crippen LogP contribution >= 0.6 is 0 Å². The van der Waals surface area contributed by atoms with E-state index >= 15 is 0 Å². The minimum absolute atomic E-state index is 0.114. The Morgan fingerprint density at radius 1 is 1.35 bits per heavy atom. The number of phenolic OH excluding ortho intramolecular Hbond substituents is 1. The lowest BCUT2D eigenvalue weighted by Gasteiger charge is -2.22. The number of nitrogens with one attached hydrogen (secondary N) is 1. The molecule has 0 saturated heterocycles. The van der Waals surface area contributed by atoms with Crippen molar-refractivity contribution in [2.75, 3.05) is 6.54 Å². The molecule has 0 radical (unpaired) electrons. The fraction of sp³-hybridized carbons (Fsp3) is 0.500. The number of benzene rings is 1. The van der Waals surface area contributed by atoms with Crippen LogP contribution in [-0.2, 0) is 21.4 Å². The Balaban J connectivity index is 2.75. The highest BCUT2D eigenvalue weighted by molar-refractivity contribution is 6.23. The lowest BCUT2D eigenvalue weighted by molar-refractivity contribution is -0.131. The molecule has 0 heterocycles. The molecule has 20 heavy (non-hydrogen) atoms. The van der Waals surface area contributed by atoms with E-state index in [1.807, 2.05) is 19.1 Å². The molecule has 0 spiro atoms. The molecule has 4 nitrogen and oxygen atoms in total. The van der Waals surface area contributed by atoms with Crippen LogP contribution in [-0.4, -0.2) is 23.8 Å². The number of hydrogen-bond donors (Lipinski definition) is 2. The summed E-state index contributed by atoms with van der Waals surface area (Å²) in [4.78, 5) is 21.0. The van der Waals surface area contributed by atoms with Gasteiger partial charge in [-0.05, 0) is 41.9 Å². The van der Waals surface area contributed by atoms with E-state index in [4.69, 9.17) is 0 Å². The summed E-state index contributed by atoms with van der Waals surface area (Å²) in [6, 6.07) is 3.98. The van der Waals surface area contributed by atoms with Crippen LogP contribution in [0.5, 0.6) is 5.75 Å². The van der Waals surface area contributed by atoms with Crippen molar-refractivity contribution in [3.8, 4) is 5.75 Å². The van der Waals surface area contributed by atoms with Crippen LogP contribution in [0.3, 0.4) is 0 Å². The number of phenols is 1. The van der Waals surface area contributed by atoms with Crippen molar-refractivity contribution < 1.29 is 14.7 Å². The SMILES string of the molecule is Cc1cc(CCCNC(=O)C=O)cc(C(C)(C)C)c1O. The first-order valence-corrected chi connectivity index (χ1v) is 6.81. The topological polar surface area (TPSA) is 66.4 Å². The van der Waals surface area contributed by atoms with Crippen molar-refractivity contribution in [2.45, 2.75) is 46.0 Å². The molecule has 1 aromatic rings. The van der Waals surface area contributed by atoms with Crippen LogP contribution in [0.15, 0.2) is 12.1 Å². The molecule has 0 atom stereocenters. The van der Waals surface area contributed by atoms with Gasteiger partial charge in [-0.25, -0.2) is 0 Å².